The monoisotopic (exact) mass is 351 g/mol. The Hall–Kier alpha value is -1.01. The maximum atomic E-state index is 5.07. The summed E-state index contributed by atoms with van der Waals surface area (Å²) in [4.78, 5) is 6.76. The van der Waals surface area contributed by atoms with E-state index < -0.39 is 0 Å². The van der Waals surface area contributed by atoms with Gasteiger partial charge in [-0.2, -0.15) is 0 Å². The summed E-state index contributed by atoms with van der Waals surface area (Å²) < 4.78 is 6.16. The number of rotatable bonds is 8. The van der Waals surface area contributed by atoms with E-state index in [0.29, 0.717) is 0 Å². The lowest BCUT2D eigenvalue weighted by Crippen LogP contribution is -2.31. The highest BCUT2D eigenvalue weighted by Crippen LogP contribution is 2.24. The molecule has 0 aliphatic carbocycles. The highest BCUT2D eigenvalue weighted by Gasteiger charge is 2.05. The first-order valence-corrected chi connectivity index (χ1v) is 7.92. The van der Waals surface area contributed by atoms with Crippen LogP contribution in [0.5, 0.6) is 0 Å². The lowest BCUT2D eigenvalue weighted by molar-refractivity contribution is 0.161. The van der Waals surface area contributed by atoms with E-state index in [4.69, 9.17) is 4.74 Å². The topological polar surface area (TPSA) is 37.4 Å². The molecule has 0 saturated carbocycles. The van der Waals surface area contributed by atoms with E-state index in [-0.39, 0.29) is 0 Å². The van der Waals surface area contributed by atoms with Gasteiger partial charge in [0.15, 0.2) is 0 Å². The van der Waals surface area contributed by atoms with E-state index in [9.17, 15) is 0 Å². The maximum Gasteiger partial charge on any atom is 0.0758 e. The fourth-order valence-electron chi connectivity index (χ4n) is 2.19. The number of ether oxygens (including phenoxy) is 1. The van der Waals surface area contributed by atoms with Gasteiger partial charge in [-0.3, -0.25) is 4.98 Å². The smallest absolute Gasteiger partial charge is 0.0758 e. The molecule has 2 aromatic rings. The van der Waals surface area contributed by atoms with Gasteiger partial charge < -0.3 is 15.0 Å². The zero-order valence-corrected chi connectivity index (χ0v) is 14.2. The van der Waals surface area contributed by atoms with Crippen molar-refractivity contribution in [2.24, 2.45) is 0 Å². The normalized spacial score (nSPS) is 11.4. The van der Waals surface area contributed by atoms with Gasteiger partial charge in [-0.25, -0.2) is 0 Å². The minimum atomic E-state index is 0.776. The number of methoxy groups -OCH3 is 1. The minimum Gasteiger partial charge on any atom is -0.383 e. The van der Waals surface area contributed by atoms with Gasteiger partial charge in [0.2, 0.25) is 0 Å². The second kappa shape index (κ2) is 8.44. The first-order valence-electron chi connectivity index (χ1n) is 7.12. The molecule has 0 fully saturated rings. The maximum absolute atomic E-state index is 5.07. The number of aromatic nitrogens is 1. The molecule has 0 spiro atoms. The molecule has 1 heterocycles. The third-order valence-electron chi connectivity index (χ3n) is 3.46. The molecule has 0 unspecified atom stereocenters. The van der Waals surface area contributed by atoms with Crippen LogP contribution in [0.1, 0.15) is 5.56 Å². The number of hydrogen-bond acceptors (Lipinski definition) is 4. The van der Waals surface area contributed by atoms with Gasteiger partial charge in [0.25, 0.3) is 0 Å². The molecule has 1 aromatic heterocycles. The largest absolute Gasteiger partial charge is 0.383 e. The number of likely N-dealkylation sites (N-methyl/N-ethyl adjacent to an activating group) is 1. The van der Waals surface area contributed by atoms with Crippen LogP contribution in [0.25, 0.3) is 10.9 Å². The van der Waals surface area contributed by atoms with Crippen LogP contribution in [-0.4, -0.2) is 50.3 Å². The quantitative estimate of drug-likeness (QED) is 0.742. The summed E-state index contributed by atoms with van der Waals surface area (Å²) in [5.74, 6) is 0. The van der Waals surface area contributed by atoms with E-state index in [0.717, 1.165) is 48.2 Å². The van der Waals surface area contributed by atoms with Crippen molar-refractivity contribution >= 4 is 26.8 Å². The molecule has 2 rings (SSSR count). The zero-order chi connectivity index (χ0) is 15.1. The predicted octanol–water partition coefficient (Wildman–Crippen LogP) is 2.67. The van der Waals surface area contributed by atoms with Gasteiger partial charge in [0.05, 0.1) is 12.1 Å². The molecule has 0 aliphatic rings. The molecule has 0 amide bonds. The van der Waals surface area contributed by atoms with Gasteiger partial charge >= 0.3 is 0 Å². The van der Waals surface area contributed by atoms with Crippen molar-refractivity contribution in [2.45, 2.75) is 6.54 Å². The summed E-state index contributed by atoms with van der Waals surface area (Å²) in [5.41, 5.74) is 2.29. The van der Waals surface area contributed by atoms with Crippen molar-refractivity contribution < 1.29 is 4.74 Å². The number of halogens is 1. The Morgan fingerprint density at radius 1 is 1.29 bits per heavy atom. The third-order valence-corrected chi connectivity index (χ3v) is 4.15. The molecular weight excluding hydrogens is 330 g/mol. The van der Waals surface area contributed by atoms with Crippen LogP contribution in [0.4, 0.5) is 0 Å². The SMILES string of the molecule is COCCN(C)CCNCc1ccc(Br)c2cccnc12. The molecule has 0 atom stereocenters. The molecular formula is C16H22BrN3O. The number of nitrogens with one attached hydrogen (secondary N) is 1. The second-order valence-electron chi connectivity index (χ2n) is 5.08. The van der Waals surface area contributed by atoms with Gasteiger partial charge in [0, 0.05) is 49.3 Å². The van der Waals surface area contributed by atoms with E-state index in [1.807, 2.05) is 12.3 Å². The Bertz CT molecular complexity index is 576. The number of benzene rings is 1. The molecule has 0 aliphatic heterocycles. The number of hydrogen-bond donors (Lipinski definition) is 1. The molecule has 5 heteroatoms. The van der Waals surface area contributed by atoms with Crippen molar-refractivity contribution in [3.05, 3.63) is 40.5 Å². The van der Waals surface area contributed by atoms with Crippen molar-refractivity contribution in [1.29, 1.82) is 0 Å². The van der Waals surface area contributed by atoms with Crippen molar-refractivity contribution in [2.75, 3.05) is 40.4 Å². The van der Waals surface area contributed by atoms with Crippen LogP contribution in [0.15, 0.2) is 34.9 Å². The van der Waals surface area contributed by atoms with E-state index in [1.165, 1.54) is 5.56 Å². The Morgan fingerprint density at radius 2 is 2.14 bits per heavy atom. The summed E-state index contributed by atoms with van der Waals surface area (Å²) in [7, 11) is 3.84. The van der Waals surface area contributed by atoms with Gasteiger partial charge in [-0.05, 0) is 24.7 Å². The van der Waals surface area contributed by atoms with Gasteiger partial charge in [-0.1, -0.05) is 28.1 Å². The lowest BCUT2D eigenvalue weighted by atomic mass is 10.1. The fourth-order valence-corrected chi connectivity index (χ4v) is 2.64. The van der Waals surface area contributed by atoms with Crippen molar-refractivity contribution in [1.82, 2.24) is 15.2 Å². The molecule has 0 saturated heterocycles. The first-order chi connectivity index (χ1) is 10.2. The summed E-state index contributed by atoms with van der Waals surface area (Å²) in [6, 6.07) is 8.27. The summed E-state index contributed by atoms with van der Waals surface area (Å²) in [6.07, 6.45) is 1.84. The lowest BCUT2D eigenvalue weighted by Gasteiger charge is -2.16. The molecule has 4 nitrogen and oxygen atoms in total. The minimum absolute atomic E-state index is 0.776. The molecule has 1 N–H and O–H groups in total. The average molecular weight is 352 g/mol. The van der Waals surface area contributed by atoms with Crippen molar-refractivity contribution in [3.8, 4) is 0 Å². The fraction of sp³-hybridized carbons (Fsp3) is 0.438. The van der Waals surface area contributed by atoms with E-state index in [1.54, 1.807) is 7.11 Å². The standard InChI is InChI=1S/C16H22BrN3O/c1-20(10-11-21-2)9-8-18-12-13-5-6-15(17)14-4-3-7-19-16(13)14/h3-7,18H,8-12H2,1-2H3. The third kappa shape index (κ3) is 4.74. The summed E-state index contributed by atoms with van der Waals surface area (Å²) in [6.45, 7) is 4.52. The van der Waals surface area contributed by atoms with E-state index in [2.05, 4.69) is 56.4 Å². The van der Waals surface area contributed by atoms with Gasteiger partial charge in [0.1, 0.15) is 0 Å². The highest BCUT2D eigenvalue weighted by molar-refractivity contribution is 9.10. The Labute approximate surface area is 134 Å². The molecule has 0 bridgehead atoms. The summed E-state index contributed by atoms with van der Waals surface area (Å²) in [5, 5.41) is 4.64. The van der Waals surface area contributed by atoms with E-state index >= 15 is 0 Å². The number of fused-ring (bicyclic) bond motifs is 1. The summed E-state index contributed by atoms with van der Waals surface area (Å²) >= 11 is 3.58. The average Bonchev–Trinajstić information content (AvgIpc) is 2.51. The Kier molecular flexibility index (Phi) is 6.57. The molecule has 0 radical (unpaired) electrons. The Morgan fingerprint density at radius 3 is 2.95 bits per heavy atom. The van der Waals surface area contributed by atoms with Crippen LogP contribution in [0, 0.1) is 0 Å². The van der Waals surface area contributed by atoms with Gasteiger partial charge in [-0.15, -0.1) is 0 Å². The Balaban J connectivity index is 1.88. The predicted molar refractivity (Wildman–Crippen MR) is 90.5 cm³/mol. The molecule has 114 valence electrons. The van der Waals surface area contributed by atoms with Crippen LogP contribution in [0.3, 0.4) is 0 Å². The van der Waals surface area contributed by atoms with Crippen LogP contribution in [-0.2, 0) is 11.3 Å². The highest BCUT2D eigenvalue weighted by atomic mass is 79.9. The molecule has 1 aromatic carbocycles. The zero-order valence-electron chi connectivity index (χ0n) is 12.6. The second-order valence-corrected chi connectivity index (χ2v) is 5.93. The van der Waals surface area contributed by atoms with Crippen LogP contribution < -0.4 is 5.32 Å². The van der Waals surface area contributed by atoms with Crippen molar-refractivity contribution in [3.63, 3.8) is 0 Å². The number of pyridine rings is 1. The number of nitrogens with zero attached hydrogens (tertiary/aromatic N) is 2. The van der Waals surface area contributed by atoms with Crippen LogP contribution in [0.2, 0.25) is 0 Å². The first kappa shape index (κ1) is 16.4. The van der Waals surface area contributed by atoms with Crippen LogP contribution >= 0.6 is 15.9 Å². The molecule has 21 heavy (non-hydrogen) atoms.